The van der Waals surface area contributed by atoms with E-state index in [1.807, 2.05) is 45.0 Å². The molecule has 0 aliphatic rings. The zero-order chi connectivity index (χ0) is 20.9. The van der Waals surface area contributed by atoms with Crippen molar-refractivity contribution in [2.75, 3.05) is 13.7 Å². The number of amides is 1. The van der Waals surface area contributed by atoms with E-state index in [1.165, 1.54) is 0 Å². The van der Waals surface area contributed by atoms with E-state index < -0.39 is 10.0 Å². The van der Waals surface area contributed by atoms with Gasteiger partial charge in [-0.3, -0.25) is 4.79 Å². The lowest BCUT2D eigenvalue weighted by molar-refractivity contribution is -0.121. The van der Waals surface area contributed by atoms with E-state index in [4.69, 9.17) is 4.74 Å². The highest BCUT2D eigenvalue weighted by molar-refractivity contribution is 7.89. The van der Waals surface area contributed by atoms with E-state index >= 15 is 0 Å². The summed E-state index contributed by atoms with van der Waals surface area (Å²) in [6.45, 7) is 7.53. The summed E-state index contributed by atoms with van der Waals surface area (Å²) in [5.74, 6) is 0.466. The molecule has 0 spiro atoms. The van der Waals surface area contributed by atoms with E-state index in [2.05, 4.69) is 10.0 Å². The lowest BCUT2D eigenvalue weighted by atomic mass is 10.0. The largest absolute Gasteiger partial charge is 0.496 e. The molecule has 0 saturated carbocycles. The first kappa shape index (κ1) is 21.9. The minimum absolute atomic E-state index is 0.0269. The van der Waals surface area contributed by atoms with Gasteiger partial charge >= 0.3 is 0 Å². The third kappa shape index (κ3) is 5.56. The fraction of sp³-hybridized carbons (Fsp3) is 0.381. The summed E-state index contributed by atoms with van der Waals surface area (Å²) in [7, 11) is -2.06. The smallest absolute Gasteiger partial charge is 0.240 e. The van der Waals surface area contributed by atoms with E-state index in [0.717, 1.165) is 16.7 Å². The molecule has 0 heterocycles. The lowest BCUT2D eigenvalue weighted by Gasteiger charge is -2.18. The molecule has 2 aromatic rings. The normalized spacial score (nSPS) is 12.5. The van der Waals surface area contributed by atoms with Gasteiger partial charge in [0.15, 0.2) is 0 Å². The van der Waals surface area contributed by atoms with Crippen LogP contribution in [0.5, 0.6) is 5.75 Å². The van der Waals surface area contributed by atoms with Crippen molar-refractivity contribution in [2.45, 2.75) is 45.1 Å². The molecule has 1 unspecified atom stereocenters. The van der Waals surface area contributed by atoms with Crippen molar-refractivity contribution < 1.29 is 17.9 Å². The average Bonchev–Trinajstić information content (AvgIpc) is 2.61. The van der Waals surface area contributed by atoms with Gasteiger partial charge in [-0.2, -0.15) is 0 Å². The maximum atomic E-state index is 12.5. The standard InChI is InChI=1S/C21H28N2O4S/c1-14-7-9-20(16(3)12-14)28(25,26)22-11-10-21(24)23-17(4)18-13-15(2)6-8-19(18)27-5/h6-9,12-13,17,22H,10-11H2,1-5H3,(H,23,24). The minimum atomic E-state index is -3.65. The van der Waals surface area contributed by atoms with Crippen molar-refractivity contribution in [2.24, 2.45) is 0 Å². The van der Waals surface area contributed by atoms with E-state index in [9.17, 15) is 13.2 Å². The molecule has 2 N–H and O–H groups in total. The number of rotatable bonds is 8. The molecule has 2 aromatic carbocycles. The maximum absolute atomic E-state index is 12.5. The van der Waals surface area contributed by atoms with Crippen LogP contribution in [0.2, 0.25) is 0 Å². The van der Waals surface area contributed by atoms with Crippen molar-refractivity contribution in [3.05, 3.63) is 58.7 Å². The first-order chi connectivity index (χ1) is 13.1. The van der Waals surface area contributed by atoms with Crippen LogP contribution >= 0.6 is 0 Å². The zero-order valence-corrected chi connectivity index (χ0v) is 17.8. The molecule has 0 aliphatic carbocycles. The SMILES string of the molecule is COc1ccc(C)cc1C(C)NC(=O)CCNS(=O)(=O)c1ccc(C)cc1C. The van der Waals surface area contributed by atoms with Crippen molar-refractivity contribution >= 4 is 15.9 Å². The molecule has 152 valence electrons. The number of nitrogens with one attached hydrogen (secondary N) is 2. The molecule has 0 bridgehead atoms. The van der Waals surface area contributed by atoms with Gasteiger partial charge in [-0.25, -0.2) is 13.1 Å². The van der Waals surface area contributed by atoms with Crippen LogP contribution in [0.15, 0.2) is 41.3 Å². The molecule has 0 aliphatic heterocycles. The lowest BCUT2D eigenvalue weighted by Crippen LogP contribution is -2.32. The fourth-order valence-corrected chi connectivity index (χ4v) is 4.32. The predicted octanol–water partition coefficient (Wildman–Crippen LogP) is 3.17. The summed E-state index contributed by atoms with van der Waals surface area (Å²) in [6, 6.07) is 10.7. The maximum Gasteiger partial charge on any atom is 0.240 e. The molecule has 0 aromatic heterocycles. The van der Waals surface area contributed by atoms with Gasteiger partial charge in [-0.1, -0.05) is 35.4 Å². The molecule has 2 rings (SSSR count). The fourth-order valence-electron chi connectivity index (χ4n) is 3.06. The summed E-state index contributed by atoms with van der Waals surface area (Å²) >= 11 is 0. The summed E-state index contributed by atoms with van der Waals surface area (Å²) in [5, 5.41) is 2.89. The van der Waals surface area contributed by atoms with Crippen LogP contribution in [0.1, 0.15) is 41.6 Å². The Morgan fingerprint density at radius 2 is 1.71 bits per heavy atom. The highest BCUT2D eigenvalue weighted by Crippen LogP contribution is 2.26. The Bertz CT molecular complexity index is 955. The van der Waals surface area contributed by atoms with Gasteiger partial charge in [0, 0.05) is 18.5 Å². The Labute approximate surface area is 167 Å². The molecular weight excluding hydrogens is 376 g/mol. The van der Waals surface area contributed by atoms with Crippen LogP contribution < -0.4 is 14.8 Å². The minimum Gasteiger partial charge on any atom is -0.496 e. The first-order valence-corrected chi connectivity index (χ1v) is 10.6. The Balaban J connectivity index is 1.94. The molecule has 0 saturated heterocycles. The van der Waals surface area contributed by atoms with Gasteiger partial charge in [0.25, 0.3) is 0 Å². The second-order valence-electron chi connectivity index (χ2n) is 6.95. The van der Waals surface area contributed by atoms with Crippen LogP contribution in [0.25, 0.3) is 0 Å². The molecular formula is C21H28N2O4S. The van der Waals surface area contributed by atoms with Crippen molar-refractivity contribution in [3.63, 3.8) is 0 Å². The Hall–Kier alpha value is -2.38. The van der Waals surface area contributed by atoms with E-state index in [0.29, 0.717) is 11.3 Å². The van der Waals surface area contributed by atoms with Crippen molar-refractivity contribution in [1.82, 2.24) is 10.0 Å². The predicted molar refractivity (Wildman–Crippen MR) is 110 cm³/mol. The third-order valence-corrected chi connectivity index (χ3v) is 6.11. The van der Waals surface area contributed by atoms with Crippen LogP contribution in [0.3, 0.4) is 0 Å². The van der Waals surface area contributed by atoms with Crippen LogP contribution in [-0.2, 0) is 14.8 Å². The van der Waals surface area contributed by atoms with Gasteiger partial charge in [-0.05, 0) is 45.4 Å². The Kier molecular flexibility index (Phi) is 7.21. The molecule has 6 nitrogen and oxygen atoms in total. The first-order valence-electron chi connectivity index (χ1n) is 9.15. The van der Waals surface area contributed by atoms with Crippen LogP contribution in [-0.4, -0.2) is 28.0 Å². The van der Waals surface area contributed by atoms with Gasteiger partial charge in [0.05, 0.1) is 18.0 Å². The Morgan fingerprint density at radius 1 is 1.07 bits per heavy atom. The molecule has 0 fully saturated rings. The monoisotopic (exact) mass is 404 g/mol. The highest BCUT2D eigenvalue weighted by atomic mass is 32.2. The van der Waals surface area contributed by atoms with E-state index in [-0.39, 0.29) is 29.8 Å². The molecule has 28 heavy (non-hydrogen) atoms. The molecule has 7 heteroatoms. The topological polar surface area (TPSA) is 84.5 Å². The van der Waals surface area contributed by atoms with Gasteiger partial charge in [0.2, 0.25) is 15.9 Å². The summed E-state index contributed by atoms with van der Waals surface area (Å²) < 4.78 is 32.8. The Morgan fingerprint density at radius 3 is 2.36 bits per heavy atom. The van der Waals surface area contributed by atoms with Gasteiger partial charge < -0.3 is 10.1 Å². The number of hydrogen-bond donors (Lipinski definition) is 2. The number of ether oxygens (including phenoxy) is 1. The van der Waals surface area contributed by atoms with Crippen LogP contribution in [0.4, 0.5) is 0 Å². The van der Waals surface area contributed by atoms with Gasteiger partial charge in [-0.15, -0.1) is 0 Å². The average molecular weight is 405 g/mol. The number of carbonyl (C=O) groups is 1. The molecule has 1 amide bonds. The number of hydrogen-bond acceptors (Lipinski definition) is 4. The quantitative estimate of drug-likeness (QED) is 0.708. The van der Waals surface area contributed by atoms with Crippen molar-refractivity contribution in [3.8, 4) is 5.75 Å². The molecule has 1 atom stereocenters. The highest BCUT2D eigenvalue weighted by Gasteiger charge is 2.18. The summed E-state index contributed by atoms with van der Waals surface area (Å²) in [5.41, 5.74) is 3.62. The number of benzene rings is 2. The number of aryl methyl sites for hydroxylation is 3. The second-order valence-corrected chi connectivity index (χ2v) is 8.69. The van der Waals surface area contributed by atoms with E-state index in [1.54, 1.807) is 26.2 Å². The summed E-state index contributed by atoms with van der Waals surface area (Å²) in [4.78, 5) is 12.5. The number of sulfonamides is 1. The number of methoxy groups -OCH3 is 1. The second kappa shape index (κ2) is 9.21. The van der Waals surface area contributed by atoms with Gasteiger partial charge in [0.1, 0.15) is 5.75 Å². The van der Waals surface area contributed by atoms with Crippen molar-refractivity contribution in [1.29, 1.82) is 0 Å². The zero-order valence-electron chi connectivity index (χ0n) is 17.0. The summed E-state index contributed by atoms with van der Waals surface area (Å²) in [6.07, 6.45) is 0.0443. The van der Waals surface area contributed by atoms with Crippen LogP contribution in [0, 0.1) is 20.8 Å². The number of carbonyl (C=O) groups excluding carboxylic acids is 1. The molecule has 0 radical (unpaired) electrons. The third-order valence-electron chi connectivity index (χ3n) is 4.49.